The number of methoxy groups -OCH3 is 2. The fourth-order valence-corrected chi connectivity index (χ4v) is 4.31. The van der Waals surface area contributed by atoms with Gasteiger partial charge in [-0.15, -0.1) is 0 Å². The van der Waals surface area contributed by atoms with Crippen LogP contribution >= 0.6 is 0 Å². The van der Waals surface area contributed by atoms with E-state index in [1.54, 1.807) is 33.1 Å². The van der Waals surface area contributed by atoms with Crippen molar-refractivity contribution in [2.24, 2.45) is 11.8 Å². The van der Waals surface area contributed by atoms with Crippen molar-refractivity contribution in [3.05, 3.63) is 52.4 Å². The number of ether oxygens (including phenoxy) is 3. The first-order valence-electron chi connectivity index (χ1n) is 9.97. The van der Waals surface area contributed by atoms with Gasteiger partial charge in [-0.2, -0.15) is 0 Å². The van der Waals surface area contributed by atoms with E-state index in [4.69, 9.17) is 14.2 Å². The highest BCUT2D eigenvalue weighted by atomic mass is 16.5. The number of hydrogen-bond acceptors (Lipinski definition) is 7. The molecule has 0 radical (unpaired) electrons. The average molecular weight is 413 g/mol. The molecular formula is C23H27NO6. The Morgan fingerprint density at radius 3 is 2.60 bits per heavy atom. The number of carbonyl (C=O) groups excluding carboxylic acids is 3. The third-order valence-corrected chi connectivity index (χ3v) is 5.67. The van der Waals surface area contributed by atoms with E-state index in [0.717, 1.165) is 11.3 Å². The molecule has 0 unspecified atom stereocenters. The largest absolute Gasteiger partial charge is 0.497 e. The zero-order valence-corrected chi connectivity index (χ0v) is 17.9. The van der Waals surface area contributed by atoms with Gasteiger partial charge >= 0.3 is 11.9 Å². The molecule has 1 aromatic carbocycles. The van der Waals surface area contributed by atoms with Crippen LogP contribution in [-0.2, 0) is 23.9 Å². The molecule has 0 spiro atoms. The molecule has 1 N–H and O–H groups in total. The third-order valence-electron chi connectivity index (χ3n) is 5.67. The molecule has 0 bridgehead atoms. The van der Waals surface area contributed by atoms with Crippen LogP contribution in [0.5, 0.6) is 5.75 Å². The van der Waals surface area contributed by atoms with Gasteiger partial charge in [-0.3, -0.25) is 9.59 Å². The fraction of sp³-hybridized carbons (Fsp3) is 0.435. The zero-order valence-electron chi connectivity index (χ0n) is 17.9. The van der Waals surface area contributed by atoms with Crippen molar-refractivity contribution in [3.8, 4) is 5.75 Å². The van der Waals surface area contributed by atoms with E-state index < -0.39 is 23.8 Å². The third kappa shape index (κ3) is 3.72. The minimum atomic E-state index is -0.912. The first-order valence-corrected chi connectivity index (χ1v) is 9.97. The second-order valence-electron chi connectivity index (χ2n) is 7.53. The number of benzene rings is 1. The Labute approximate surface area is 176 Å². The van der Waals surface area contributed by atoms with Gasteiger partial charge < -0.3 is 19.5 Å². The Morgan fingerprint density at radius 2 is 1.97 bits per heavy atom. The summed E-state index contributed by atoms with van der Waals surface area (Å²) in [6, 6.07) is 7.24. The summed E-state index contributed by atoms with van der Waals surface area (Å²) in [5.41, 5.74) is 2.85. The number of hydrogen-bond donors (Lipinski definition) is 1. The smallest absolute Gasteiger partial charge is 0.336 e. The molecule has 160 valence electrons. The van der Waals surface area contributed by atoms with E-state index in [0.29, 0.717) is 29.0 Å². The van der Waals surface area contributed by atoms with E-state index in [-0.39, 0.29) is 18.3 Å². The summed E-state index contributed by atoms with van der Waals surface area (Å²) in [5.74, 6) is -2.58. The molecule has 1 heterocycles. The number of Topliss-reactive ketones (excluding diaryl/α,β-unsaturated/α-hetero) is 1. The van der Waals surface area contributed by atoms with Gasteiger partial charge in [0.1, 0.15) is 11.7 Å². The molecule has 0 saturated carbocycles. The number of esters is 2. The molecule has 0 fully saturated rings. The van der Waals surface area contributed by atoms with Crippen LogP contribution in [0.15, 0.2) is 46.8 Å². The van der Waals surface area contributed by atoms with Crippen molar-refractivity contribution in [1.29, 1.82) is 0 Å². The quantitative estimate of drug-likeness (QED) is 0.586. The first-order chi connectivity index (χ1) is 14.3. The number of ketones is 1. The average Bonchev–Trinajstić information content (AvgIpc) is 2.72. The minimum absolute atomic E-state index is 0.210. The van der Waals surface area contributed by atoms with Crippen LogP contribution in [0.25, 0.3) is 0 Å². The highest BCUT2D eigenvalue weighted by molar-refractivity contribution is 6.12. The molecular weight excluding hydrogens is 386 g/mol. The molecule has 0 aromatic heterocycles. The topological polar surface area (TPSA) is 90.9 Å². The van der Waals surface area contributed by atoms with Gasteiger partial charge in [0, 0.05) is 22.9 Å². The number of rotatable bonds is 5. The number of dihydropyridines is 1. The monoisotopic (exact) mass is 413 g/mol. The van der Waals surface area contributed by atoms with Crippen molar-refractivity contribution >= 4 is 17.7 Å². The lowest BCUT2D eigenvalue weighted by molar-refractivity contribution is -0.151. The Balaban J connectivity index is 2.20. The number of nitrogens with one attached hydrogen (secondary N) is 1. The first kappa shape index (κ1) is 21.6. The van der Waals surface area contributed by atoms with Crippen LogP contribution < -0.4 is 10.1 Å². The molecule has 1 aromatic rings. The lowest BCUT2D eigenvalue weighted by Crippen LogP contribution is -2.43. The van der Waals surface area contributed by atoms with E-state index in [9.17, 15) is 14.4 Å². The zero-order chi connectivity index (χ0) is 22.0. The molecule has 30 heavy (non-hydrogen) atoms. The summed E-state index contributed by atoms with van der Waals surface area (Å²) in [4.78, 5) is 38.8. The molecule has 3 rings (SSSR count). The Bertz CT molecular complexity index is 945. The normalized spacial score (nSPS) is 23.5. The Kier molecular flexibility index (Phi) is 6.29. The molecule has 1 aliphatic heterocycles. The summed E-state index contributed by atoms with van der Waals surface area (Å²) < 4.78 is 15.5. The van der Waals surface area contributed by atoms with Gasteiger partial charge in [0.25, 0.3) is 0 Å². The SMILES string of the molecule is CCOC(=O)C1=C(C)NC2=C(C(=O)[C@@H](C(=O)OC)[C@H](C)C2)[C@@H]1c1cccc(OC)c1. The number of allylic oxidation sites excluding steroid dienone is 3. The summed E-state index contributed by atoms with van der Waals surface area (Å²) >= 11 is 0. The summed E-state index contributed by atoms with van der Waals surface area (Å²) in [6.07, 6.45) is 0.495. The predicted octanol–water partition coefficient (Wildman–Crippen LogP) is 2.87. The standard InChI is InChI=1S/C23H27NO6/c1-6-30-23(27)18-13(3)24-16-10-12(2)17(22(26)29-5)21(25)20(16)19(18)14-8-7-9-15(11-14)28-4/h7-9,11-12,17,19,24H,6,10H2,1-5H3/t12-,17+,19-/m1/s1. The lowest BCUT2D eigenvalue weighted by Gasteiger charge is -2.38. The van der Waals surface area contributed by atoms with E-state index in [1.807, 2.05) is 19.1 Å². The van der Waals surface area contributed by atoms with Gasteiger partial charge in [0.2, 0.25) is 0 Å². The highest BCUT2D eigenvalue weighted by Gasteiger charge is 2.47. The van der Waals surface area contributed by atoms with Crippen molar-refractivity contribution in [1.82, 2.24) is 5.32 Å². The molecule has 0 saturated heterocycles. The minimum Gasteiger partial charge on any atom is -0.497 e. The maximum absolute atomic E-state index is 13.5. The van der Waals surface area contributed by atoms with Crippen LogP contribution in [0.1, 0.15) is 38.7 Å². The van der Waals surface area contributed by atoms with Crippen molar-refractivity contribution in [2.45, 2.75) is 33.1 Å². The van der Waals surface area contributed by atoms with Crippen LogP contribution in [0, 0.1) is 11.8 Å². The number of carbonyl (C=O) groups is 3. The van der Waals surface area contributed by atoms with E-state index in [2.05, 4.69) is 5.32 Å². The van der Waals surface area contributed by atoms with Crippen LogP contribution in [0.4, 0.5) is 0 Å². The lowest BCUT2D eigenvalue weighted by atomic mass is 9.69. The second kappa shape index (κ2) is 8.73. The van der Waals surface area contributed by atoms with E-state index >= 15 is 0 Å². The van der Waals surface area contributed by atoms with Crippen molar-refractivity contribution < 1.29 is 28.6 Å². The predicted molar refractivity (Wildman–Crippen MR) is 110 cm³/mol. The summed E-state index contributed by atoms with van der Waals surface area (Å²) in [6.45, 7) is 5.59. The summed E-state index contributed by atoms with van der Waals surface area (Å²) in [7, 11) is 2.83. The fourth-order valence-electron chi connectivity index (χ4n) is 4.31. The van der Waals surface area contributed by atoms with Crippen LogP contribution in [0.2, 0.25) is 0 Å². The highest BCUT2D eigenvalue weighted by Crippen LogP contribution is 2.45. The molecule has 3 atom stereocenters. The Hall–Kier alpha value is -3.09. The molecule has 1 aliphatic carbocycles. The maximum Gasteiger partial charge on any atom is 0.336 e. The second-order valence-corrected chi connectivity index (χ2v) is 7.53. The van der Waals surface area contributed by atoms with Crippen LogP contribution in [-0.4, -0.2) is 38.5 Å². The van der Waals surface area contributed by atoms with Crippen molar-refractivity contribution in [3.63, 3.8) is 0 Å². The Morgan fingerprint density at radius 1 is 1.23 bits per heavy atom. The van der Waals surface area contributed by atoms with Crippen LogP contribution in [0.3, 0.4) is 0 Å². The maximum atomic E-state index is 13.5. The molecule has 7 heteroatoms. The van der Waals surface area contributed by atoms with Gasteiger partial charge in [-0.1, -0.05) is 19.1 Å². The molecule has 0 amide bonds. The van der Waals surface area contributed by atoms with Crippen molar-refractivity contribution in [2.75, 3.05) is 20.8 Å². The summed E-state index contributed by atoms with van der Waals surface area (Å²) in [5, 5.41) is 3.23. The van der Waals surface area contributed by atoms with Gasteiger partial charge in [-0.05, 0) is 43.9 Å². The molecule has 7 nitrogen and oxygen atoms in total. The van der Waals surface area contributed by atoms with Gasteiger partial charge in [-0.25, -0.2) is 4.79 Å². The van der Waals surface area contributed by atoms with E-state index in [1.165, 1.54) is 7.11 Å². The molecule has 2 aliphatic rings. The van der Waals surface area contributed by atoms with Gasteiger partial charge in [0.15, 0.2) is 5.78 Å². The van der Waals surface area contributed by atoms with Gasteiger partial charge in [0.05, 0.1) is 26.4 Å².